The lowest BCUT2D eigenvalue weighted by atomic mass is 9.97. The van der Waals surface area contributed by atoms with E-state index in [9.17, 15) is 33.6 Å². The molecule has 13 heteroatoms. The Morgan fingerprint density at radius 3 is 2.39 bits per heavy atom. The highest BCUT2D eigenvalue weighted by Crippen LogP contribution is 2.47. The first-order valence-electron chi connectivity index (χ1n) is 11.0. The Kier molecular flexibility index (Phi) is 7.81. The first-order valence-corrected chi connectivity index (χ1v) is 12.9. The molecule has 3 aromatic rings. The van der Waals surface area contributed by atoms with Gasteiger partial charge in [-0.05, 0) is 54.8 Å². The van der Waals surface area contributed by atoms with Gasteiger partial charge < -0.3 is 25.2 Å². The number of thiophene rings is 1. The Hall–Kier alpha value is -2.00. The summed E-state index contributed by atoms with van der Waals surface area (Å²) in [5.74, 6) is -4.41. The van der Waals surface area contributed by atoms with Crippen LogP contribution in [0.2, 0.25) is 0 Å². The van der Waals surface area contributed by atoms with Crippen LogP contribution in [0, 0.1) is 24.4 Å². The lowest BCUT2D eigenvalue weighted by Crippen LogP contribution is -2.55. The van der Waals surface area contributed by atoms with E-state index in [1.54, 1.807) is 13.8 Å². The highest BCUT2D eigenvalue weighted by Gasteiger charge is 2.48. The van der Waals surface area contributed by atoms with Crippen molar-refractivity contribution in [2.75, 3.05) is 6.61 Å². The molecule has 1 saturated heterocycles. The molecule has 8 nitrogen and oxygen atoms in total. The Balaban J connectivity index is 1.66. The second kappa shape index (κ2) is 10.4. The topological polar surface area (TPSA) is 121 Å². The van der Waals surface area contributed by atoms with E-state index in [1.165, 1.54) is 17.5 Å². The smallest absolute Gasteiger partial charge is 0.194 e. The molecule has 0 aliphatic carbocycles. The van der Waals surface area contributed by atoms with Crippen LogP contribution < -0.4 is 0 Å². The minimum Gasteiger partial charge on any atom is -0.394 e. The molecule has 0 spiro atoms. The van der Waals surface area contributed by atoms with E-state index in [0.717, 1.165) is 39.7 Å². The fourth-order valence-corrected chi connectivity index (χ4v) is 6.64. The Bertz CT molecular complexity index is 1190. The number of hydrogen-bond donors (Lipinski definition) is 4. The van der Waals surface area contributed by atoms with Gasteiger partial charge in [-0.1, -0.05) is 5.21 Å². The molecule has 36 heavy (non-hydrogen) atoms. The van der Waals surface area contributed by atoms with Gasteiger partial charge in [0.1, 0.15) is 35.5 Å². The summed E-state index contributed by atoms with van der Waals surface area (Å²) in [6.45, 7) is 4.61. The summed E-state index contributed by atoms with van der Waals surface area (Å²) in [5, 5.41) is 53.9. The lowest BCUT2D eigenvalue weighted by Gasteiger charge is -2.43. The monoisotopic (exact) mass is 545 g/mol. The van der Waals surface area contributed by atoms with Crippen LogP contribution >= 0.6 is 23.1 Å². The first kappa shape index (κ1) is 27.0. The number of halogens is 3. The van der Waals surface area contributed by atoms with Crippen LogP contribution in [0.1, 0.15) is 36.3 Å². The average Bonchev–Trinajstić information content (AvgIpc) is 3.45. The van der Waals surface area contributed by atoms with E-state index in [2.05, 4.69) is 10.3 Å². The predicted octanol–water partition coefficient (Wildman–Crippen LogP) is 2.96. The summed E-state index contributed by atoms with van der Waals surface area (Å²) in [4.78, 5) is 0. The van der Waals surface area contributed by atoms with Crippen molar-refractivity contribution in [3.05, 3.63) is 57.7 Å². The van der Waals surface area contributed by atoms with E-state index < -0.39 is 64.7 Å². The Labute approximate surface area is 213 Å². The number of ether oxygens (including phenoxy) is 1. The summed E-state index contributed by atoms with van der Waals surface area (Å²) in [6, 6.07) is 0.363. The van der Waals surface area contributed by atoms with Crippen LogP contribution in [0.25, 0.3) is 11.3 Å². The van der Waals surface area contributed by atoms with Crippen LogP contribution in [0.5, 0.6) is 0 Å². The third kappa shape index (κ3) is 5.19. The standard InChI is InChI=1S/C23H26F3N3O5S2/c1-10-8-35-9-12(10)21(23(2,3)33)36-22-20(32)18(19(31)16(7-30)34-22)29-6-15(27-28-29)11-4-13(24)17(26)14(25)5-11/h4-6,8-9,16,18-22,30-33H,7H2,1-3H3/t16-,18+,19+,20-,21?,22+/m1/s1. The maximum Gasteiger partial charge on any atom is 0.194 e. The Morgan fingerprint density at radius 2 is 1.83 bits per heavy atom. The first-order chi connectivity index (χ1) is 16.9. The molecule has 6 atom stereocenters. The number of aryl methyl sites for hydroxylation is 1. The number of rotatable bonds is 7. The van der Waals surface area contributed by atoms with Crippen molar-refractivity contribution in [3.63, 3.8) is 0 Å². The second-order valence-corrected chi connectivity index (χ2v) is 11.2. The Morgan fingerprint density at radius 1 is 1.17 bits per heavy atom. The van der Waals surface area contributed by atoms with Gasteiger partial charge in [-0.3, -0.25) is 0 Å². The molecule has 196 valence electrons. The van der Waals surface area contributed by atoms with Crippen molar-refractivity contribution >= 4 is 23.1 Å². The lowest BCUT2D eigenvalue weighted by molar-refractivity contribution is -0.179. The van der Waals surface area contributed by atoms with Gasteiger partial charge >= 0.3 is 0 Å². The van der Waals surface area contributed by atoms with E-state index in [0.29, 0.717) is 0 Å². The van der Waals surface area contributed by atoms with Gasteiger partial charge in [0.2, 0.25) is 0 Å². The highest BCUT2D eigenvalue weighted by molar-refractivity contribution is 8.00. The quantitative estimate of drug-likeness (QED) is 0.335. The van der Waals surface area contributed by atoms with Crippen molar-refractivity contribution in [1.29, 1.82) is 0 Å². The number of hydrogen-bond acceptors (Lipinski definition) is 9. The van der Waals surface area contributed by atoms with Crippen LogP contribution in [0.3, 0.4) is 0 Å². The van der Waals surface area contributed by atoms with E-state index in [1.807, 2.05) is 17.7 Å². The summed E-state index contributed by atoms with van der Waals surface area (Å²) in [6.07, 6.45) is -2.65. The van der Waals surface area contributed by atoms with E-state index in [4.69, 9.17) is 4.74 Å². The molecule has 1 unspecified atom stereocenters. The summed E-state index contributed by atoms with van der Waals surface area (Å²) < 4.78 is 47.7. The molecular weight excluding hydrogens is 519 g/mol. The van der Waals surface area contributed by atoms with Crippen LogP contribution in [0.15, 0.2) is 29.1 Å². The number of aliphatic hydroxyl groups is 4. The van der Waals surface area contributed by atoms with Gasteiger partial charge in [-0.25, -0.2) is 17.9 Å². The predicted molar refractivity (Wildman–Crippen MR) is 128 cm³/mol. The minimum absolute atomic E-state index is 0.0216. The number of aliphatic hydroxyl groups excluding tert-OH is 3. The van der Waals surface area contributed by atoms with E-state index >= 15 is 0 Å². The van der Waals surface area contributed by atoms with Crippen molar-refractivity contribution in [1.82, 2.24) is 15.0 Å². The molecule has 1 aliphatic rings. The van der Waals surface area contributed by atoms with Gasteiger partial charge in [0.25, 0.3) is 0 Å². The molecule has 0 radical (unpaired) electrons. The van der Waals surface area contributed by atoms with Gasteiger partial charge in [0.05, 0.1) is 23.7 Å². The normalized spacial score (nSPS) is 25.8. The number of aromatic nitrogens is 3. The van der Waals surface area contributed by atoms with Crippen molar-refractivity contribution in [2.24, 2.45) is 0 Å². The summed E-state index contributed by atoms with van der Waals surface area (Å²) >= 11 is 2.61. The zero-order chi connectivity index (χ0) is 26.4. The highest BCUT2D eigenvalue weighted by atomic mass is 32.2. The molecule has 1 aliphatic heterocycles. The van der Waals surface area contributed by atoms with Crippen LogP contribution in [-0.2, 0) is 4.74 Å². The molecule has 0 saturated carbocycles. The maximum atomic E-state index is 13.7. The fourth-order valence-electron chi connectivity index (χ4n) is 4.14. The average molecular weight is 546 g/mol. The molecule has 4 rings (SSSR count). The SMILES string of the molecule is Cc1cscc1C(S[C@@H]1O[C@H](CO)[C@H](O)[C@H](n2cc(-c3cc(F)c(F)c(F)c3)nn2)[C@H]1O)C(C)(C)O. The zero-order valence-electron chi connectivity index (χ0n) is 19.5. The van der Waals surface area contributed by atoms with Gasteiger partial charge in [-0.2, -0.15) is 11.3 Å². The van der Waals surface area contributed by atoms with Crippen molar-refractivity contribution in [3.8, 4) is 11.3 Å². The number of nitrogens with zero attached hydrogens (tertiary/aromatic N) is 3. The molecular formula is C23H26F3N3O5S2. The molecule has 1 aromatic carbocycles. The van der Waals surface area contributed by atoms with E-state index in [-0.39, 0.29) is 11.3 Å². The molecule has 0 amide bonds. The fraction of sp³-hybridized carbons (Fsp3) is 0.478. The molecule has 0 bridgehead atoms. The molecule has 4 N–H and O–H groups in total. The van der Waals surface area contributed by atoms with Crippen LogP contribution in [-0.4, -0.2) is 71.4 Å². The zero-order valence-corrected chi connectivity index (χ0v) is 21.2. The third-order valence-corrected chi connectivity index (χ3v) is 8.67. The summed E-state index contributed by atoms with van der Waals surface area (Å²) in [5.41, 5.74) is -0.503. The molecule has 1 fully saturated rings. The van der Waals surface area contributed by atoms with Gasteiger partial charge in [0.15, 0.2) is 17.5 Å². The van der Waals surface area contributed by atoms with Gasteiger partial charge in [0, 0.05) is 5.56 Å². The van der Waals surface area contributed by atoms with Crippen molar-refractivity contribution < 1.29 is 38.3 Å². The summed E-state index contributed by atoms with van der Waals surface area (Å²) in [7, 11) is 0. The third-order valence-electron chi connectivity index (χ3n) is 6.03. The number of benzene rings is 1. The van der Waals surface area contributed by atoms with Gasteiger partial charge in [-0.15, -0.1) is 16.9 Å². The minimum atomic E-state index is -1.62. The van der Waals surface area contributed by atoms with Crippen molar-refractivity contribution in [2.45, 2.75) is 61.4 Å². The molecule has 3 heterocycles. The second-order valence-electron chi connectivity index (χ2n) is 9.21. The number of thioether (sulfide) groups is 1. The largest absolute Gasteiger partial charge is 0.394 e. The van der Waals surface area contributed by atoms with Crippen LogP contribution in [0.4, 0.5) is 13.2 Å². The maximum absolute atomic E-state index is 13.7. The molecule has 2 aromatic heterocycles.